The average molecular weight is 387 g/mol. The first kappa shape index (κ1) is 15.3. The summed E-state index contributed by atoms with van der Waals surface area (Å²) in [6.45, 7) is 1.85. The minimum Gasteiger partial charge on any atom is -0.481 e. The van der Waals surface area contributed by atoms with E-state index in [1.807, 2.05) is 25.1 Å². The maximum absolute atomic E-state index is 12.4. The molecule has 4 nitrogen and oxygen atoms in total. The van der Waals surface area contributed by atoms with Crippen LogP contribution in [-0.2, 0) is 4.79 Å². The number of aliphatic carboxylic acids is 1. The van der Waals surface area contributed by atoms with Crippen LogP contribution in [0.4, 0.5) is 0 Å². The van der Waals surface area contributed by atoms with Gasteiger partial charge in [-0.05, 0) is 54.5 Å². The van der Waals surface area contributed by atoms with E-state index in [0.29, 0.717) is 18.4 Å². The van der Waals surface area contributed by atoms with Crippen LogP contribution in [0.5, 0.6) is 0 Å². The van der Waals surface area contributed by atoms with Crippen molar-refractivity contribution in [3.05, 3.63) is 33.4 Å². The first-order chi connectivity index (χ1) is 9.44. The Bertz CT molecular complexity index is 532. The lowest BCUT2D eigenvalue weighted by Gasteiger charge is -2.39. The molecular weight excluding hydrogens is 369 g/mol. The Balaban J connectivity index is 2.20. The van der Waals surface area contributed by atoms with E-state index in [4.69, 9.17) is 0 Å². The minimum absolute atomic E-state index is 0.189. The Morgan fingerprint density at radius 1 is 1.35 bits per heavy atom. The Kier molecular flexibility index (Phi) is 4.67. The lowest BCUT2D eigenvalue weighted by molar-refractivity contribution is -0.145. The largest absolute Gasteiger partial charge is 0.481 e. The zero-order valence-electron chi connectivity index (χ0n) is 11.4. The van der Waals surface area contributed by atoms with E-state index in [0.717, 1.165) is 16.4 Å². The lowest BCUT2D eigenvalue weighted by atomic mass is 9.73. The van der Waals surface area contributed by atoms with Gasteiger partial charge in [0.05, 0.1) is 17.0 Å². The number of benzene rings is 1. The third kappa shape index (κ3) is 3.13. The molecule has 1 aromatic carbocycles. The van der Waals surface area contributed by atoms with Gasteiger partial charge in [0.25, 0.3) is 5.91 Å². The number of halogens is 1. The maximum Gasteiger partial charge on any atom is 0.308 e. The molecule has 0 radical (unpaired) electrons. The van der Waals surface area contributed by atoms with Gasteiger partial charge in [0.2, 0.25) is 0 Å². The molecule has 1 aliphatic carbocycles. The summed E-state index contributed by atoms with van der Waals surface area (Å²) >= 11 is 2.12. The summed E-state index contributed by atoms with van der Waals surface area (Å²) in [7, 11) is 0. The van der Waals surface area contributed by atoms with E-state index in [1.165, 1.54) is 0 Å². The number of hydrogen-bond acceptors (Lipinski definition) is 2. The van der Waals surface area contributed by atoms with E-state index >= 15 is 0 Å². The molecule has 2 N–H and O–H groups in total. The zero-order valence-corrected chi connectivity index (χ0v) is 13.5. The highest BCUT2D eigenvalue weighted by Gasteiger charge is 2.42. The monoisotopic (exact) mass is 387 g/mol. The van der Waals surface area contributed by atoms with Crippen molar-refractivity contribution in [1.29, 1.82) is 0 Å². The van der Waals surface area contributed by atoms with Crippen LogP contribution in [-0.4, -0.2) is 22.5 Å². The molecule has 1 aliphatic rings. The molecule has 1 aromatic rings. The molecule has 1 fully saturated rings. The second-order valence-corrected chi connectivity index (χ2v) is 6.65. The fourth-order valence-corrected chi connectivity index (χ4v) is 3.48. The molecule has 1 saturated carbocycles. The average Bonchev–Trinajstić information content (AvgIpc) is 2.38. The van der Waals surface area contributed by atoms with Crippen molar-refractivity contribution < 1.29 is 14.7 Å². The van der Waals surface area contributed by atoms with Gasteiger partial charge in [-0.2, -0.15) is 0 Å². The van der Waals surface area contributed by atoms with Crippen molar-refractivity contribution in [2.24, 2.45) is 5.92 Å². The van der Waals surface area contributed by atoms with Crippen LogP contribution in [0.1, 0.15) is 43.0 Å². The molecule has 2 unspecified atom stereocenters. The Hall–Kier alpha value is -1.11. The van der Waals surface area contributed by atoms with Crippen LogP contribution in [0.25, 0.3) is 0 Å². The van der Waals surface area contributed by atoms with Gasteiger partial charge in [0.15, 0.2) is 0 Å². The molecule has 0 bridgehead atoms. The number of nitrogens with one attached hydrogen (secondary N) is 1. The fourth-order valence-electron chi connectivity index (χ4n) is 2.85. The van der Waals surface area contributed by atoms with Crippen molar-refractivity contribution >= 4 is 34.5 Å². The third-order valence-electron chi connectivity index (χ3n) is 4.02. The molecule has 0 aliphatic heterocycles. The summed E-state index contributed by atoms with van der Waals surface area (Å²) in [5, 5.41) is 12.3. The van der Waals surface area contributed by atoms with Gasteiger partial charge >= 0.3 is 5.97 Å². The third-order valence-corrected chi connectivity index (χ3v) is 4.96. The van der Waals surface area contributed by atoms with Crippen molar-refractivity contribution in [3.8, 4) is 0 Å². The van der Waals surface area contributed by atoms with E-state index in [2.05, 4.69) is 27.9 Å². The van der Waals surface area contributed by atoms with Gasteiger partial charge in [0, 0.05) is 3.57 Å². The summed E-state index contributed by atoms with van der Waals surface area (Å²) in [5.74, 6) is -1.53. The van der Waals surface area contributed by atoms with Crippen LogP contribution < -0.4 is 5.32 Å². The molecule has 108 valence electrons. The van der Waals surface area contributed by atoms with Crippen molar-refractivity contribution in [3.63, 3.8) is 0 Å². The highest BCUT2D eigenvalue weighted by Crippen LogP contribution is 2.34. The van der Waals surface area contributed by atoms with Crippen LogP contribution in [0.3, 0.4) is 0 Å². The summed E-state index contributed by atoms with van der Waals surface area (Å²) in [5.41, 5.74) is -0.0656. The van der Waals surface area contributed by atoms with Crippen molar-refractivity contribution in [2.75, 3.05) is 0 Å². The predicted octanol–water partition coefficient (Wildman–Crippen LogP) is 3.05. The maximum atomic E-state index is 12.4. The van der Waals surface area contributed by atoms with Gasteiger partial charge in [0.1, 0.15) is 0 Å². The van der Waals surface area contributed by atoms with Crippen LogP contribution in [0.15, 0.2) is 24.3 Å². The number of amides is 1. The Labute approximate surface area is 132 Å². The lowest BCUT2D eigenvalue weighted by Crippen LogP contribution is -2.55. The molecule has 0 heterocycles. The Morgan fingerprint density at radius 2 is 2.05 bits per heavy atom. The van der Waals surface area contributed by atoms with E-state index in [-0.39, 0.29) is 5.91 Å². The zero-order chi connectivity index (χ0) is 14.8. The molecule has 1 amide bonds. The fraction of sp³-hybridized carbons (Fsp3) is 0.467. The minimum atomic E-state index is -0.824. The topological polar surface area (TPSA) is 66.4 Å². The van der Waals surface area contributed by atoms with Gasteiger partial charge in [-0.1, -0.05) is 25.0 Å². The summed E-state index contributed by atoms with van der Waals surface area (Å²) < 4.78 is 0.869. The molecule has 2 atom stereocenters. The molecule has 0 saturated heterocycles. The number of hydrogen-bond donors (Lipinski definition) is 2. The molecule has 0 spiro atoms. The van der Waals surface area contributed by atoms with E-state index in [1.54, 1.807) is 6.07 Å². The highest BCUT2D eigenvalue weighted by molar-refractivity contribution is 14.1. The van der Waals surface area contributed by atoms with Crippen molar-refractivity contribution in [2.45, 2.75) is 38.1 Å². The molecule has 0 aromatic heterocycles. The molecular formula is C15H18INO3. The summed E-state index contributed by atoms with van der Waals surface area (Å²) in [4.78, 5) is 23.8. The summed E-state index contributed by atoms with van der Waals surface area (Å²) in [6, 6.07) is 7.32. The molecule has 2 rings (SSSR count). The summed E-state index contributed by atoms with van der Waals surface area (Å²) in [6.07, 6.45) is 3.19. The standard InChI is InChI=1S/C15H18INO3/c1-15(9-5-4-7-11(15)14(19)20)17-13(18)10-6-2-3-8-12(10)16/h2-3,6,8,11H,4-5,7,9H2,1H3,(H,17,18)(H,19,20). The first-order valence-corrected chi connectivity index (χ1v) is 7.82. The number of carboxylic acid groups (broad SMARTS) is 1. The van der Waals surface area contributed by atoms with Crippen LogP contribution in [0, 0.1) is 9.49 Å². The highest BCUT2D eigenvalue weighted by atomic mass is 127. The SMILES string of the molecule is CC1(NC(=O)c2ccccc2I)CCCCC1C(=O)O. The molecule has 5 heteroatoms. The van der Waals surface area contributed by atoms with Gasteiger partial charge < -0.3 is 10.4 Å². The smallest absolute Gasteiger partial charge is 0.308 e. The number of carbonyl (C=O) groups excluding carboxylic acids is 1. The predicted molar refractivity (Wildman–Crippen MR) is 84.6 cm³/mol. The van der Waals surface area contributed by atoms with E-state index in [9.17, 15) is 14.7 Å². The van der Waals surface area contributed by atoms with Gasteiger partial charge in [-0.15, -0.1) is 0 Å². The van der Waals surface area contributed by atoms with Gasteiger partial charge in [-0.3, -0.25) is 9.59 Å². The number of rotatable bonds is 3. The van der Waals surface area contributed by atoms with Crippen LogP contribution in [0.2, 0.25) is 0 Å². The van der Waals surface area contributed by atoms with Crippen molar-refractivity contribution in [1.82, 2.24) is 5.32 Å². The quantitative estimate of drug-likeness (QED) is 0.784. The second-order valence-electron chi connectivity index (χ2n) is 5.49. The first-order valence-electron chi connectivity index (χ1n) is 6.74. The van der Waals surface area contributed by atoms with Gasteiger partial charge in [-0.25, -0.2) is 0 Å². The van der Waals surface area contributed by atoms with E-state index < -0.39 is 17.4 Å². The molecule has 20 heavy (non-hydrogen) atoms. The normalized spacial score (nSPS) is 26.0. The second kappa shape index (κ2) is 6.11. The Morgan fingerprint density at radius 3 is 2.70 bits per heavy atom. The number of carboxylic acids is 1. The number of carbonyl (C=O) groups is 2. The van der Waals surface area contributed by atoms with Crippen LogP contribution >= 0.6 is 22.6 Å².